The van der Waals surface area contributed by atoms with Crippen LogP contribution in [0.5, 0.6) is 0 Å². The molecule has 1 saturated heterocycles. The number of hydrogen-bond donors (Lipinski definition) is 1. The van der Waals surface area contributed by atoms with E-state index in [2.05, 4.69) is 53.6 Å². The summed E-state index contributed by atoms with van der Waals surface area (Å²) in [6.07, 6.45) is 5.17. The zero-order valence-corrected chi connectivity index (χ0v) is 12.9. The van der Waals surface area contributed by atoms with Crippen LogP contribution in [0.1, 0.15) is 55.4 Å². The minimum Gasteiger partial charge on any atom is -0.337 e. The molecule has 1 atom stereocenters. The third-order valence-electron chi connectivity index (χ3n) is 4.41. The summed E-state index contributed by atoms with van der Waals surface area (Å²) in [5.41, 5.74) is 2.44. The number of hydrogen-bond acceptors (Lipinski definition) is 4. The maximum absolute atomic E-state index is 5.59. The Morgan fingerprint density at radius 1 is 1.33 bits per heavy atom. The molecule has 1 aromatic carbocycles. The summed E-state index contributed by atoms with van der Waals surface area (Å²) in [6.45, 7) is 5.36. The van der Waals surface area contributed by atoms with Gasteiger partial charge in [0, 0.05) is 6.42 Å². The van der Waals surface area contributed by atoms with Gasteiger partial charge >= 0.3 is 0 Å². The molecule has 1 aliphatic heterocycles. The van der Waals surface area contributed by atoms with Crippen LogP contribution in [0.25, 0.3) is 0 Å². The lowest BCUT2D eigenvalue weighted by Gasteiger charge is -2.24. The molecular weight excluding hydrogens is 262 g/mol. The Bertz CT molecular complexity index is 600. The maximum Gasteiger partial charge on any atom is 0.246 e. The smallest absolute Gasteiger partial charge is 0.246 e. The topological polar surface area (TPSA) is 51.0 Å². The summed E-state index contributed by atoms with van der Waals surface area (Å²) in [5.74, 6) is 1.55. The number of rotatable bonds is 5. The van der Waals surface area contributed by atoms with Gasteiger partial charge in [0.05, 0.1) is 5.54 Å². The highest BCUT2D eigenvalue weighted by molar-refractivity contribution is 5.28. The Labute approximate surface area is 126 Å². The van der Waals surface area contributed by atoms with Gasteiger partial charge in [-0.1, -0.05) is 42.8 Å². The molecule has 1 N–H and O–H groups in total. The van der Waals surface area contributed by atoms with Gasteiger partial charge in [0.1, 0.15) is 0 Å². The quantitative estimate of drug-likeness (QED) is 0.915. The summed E-state index contributed by atoms with van der Waals surface area (Å²) in [4.78, 5) is 4.68. The molecule has 21 heavy (non-hydrogen) atoms. The molecule has 4 nitrogen and oxygen atoms in total. The Kier molecular flexibility index (Phi) is 4.06. The van der Waals surface area contributed by atoms with Gasteiger partial charge in [0.25, 0.3) is 0 Å². The van der Waals surface area contributed by atoms with Crippen LogP contribution >= 0.6 is 0 Å². The molecule has 1 unspecified atom stereocenters. The predicted octanol–water partition coefficient (Wildman–Crippen LogP) is 3.35. The van der Waals surface area contributed by atoms with E-state index in [1.165, 1.54) is 17.5 Å². The minimum absolute atomic E-state index is 0.0915. The van der Waals surface area contributed by atoms with Crippen molar-refractivity contribution in [2.45, 2.75) is 51.5 Å². The zero-order valence-electron chi connectivity index (χ0n) is 12.9. The summed E-state index contributed by atoms with van der Waals surface area (Å²) < 4.78 is 5.59. The van der Waals surface area contributed by atoms with Crippen molar-refractivity contribution in [1.82, 2.24) is 15.5 Å². The number of nitrogens with zero attached hydrogens (tertiary/aromatic N) is 2. The van der Waals surface area contributed by atoms with Crippen molar-refractivity contribution >= 4 is 0 Å². The van der Waals surface area contributed by atoms with Crippen LogP contribution in [0, 0.1) is 6.92 Å². The number of aryl methyl sites for hydroxylation is 1. The van der Waals surface area contributed by atoms with Crippen LogP contribution in [0.2, 0.25) is 0 Å². The van der Waals surface area contributed by atoms with Crippen molar-refractivity contribution in [3.63, 3.8) is 0 Å². The summed E-state index contributed by atoms with van der Waals surface area (Å²) in [6, 6.07) is 8.36. The van der Waals surface area contributed by atoms with Gasteiger partial charge in [-0.3, -0.25) is 0 Å². The molecule has 3 rings (SSSR count). The standard InChI is InChI=1S/C17H23N3O/c1-3-9-17(10-6-11-18-17)16-19-15(20-21-16)12-14-8-5-4-7-13(14)2/h4-5,7-8,18H,3,6,9-12H2,1-2H3. The second-order valence-corrected chi connectivity index (χ2v) is 5.98. The largest absolute Gasteiger partial charge is 0.337 e. The van der Waals surface area contributed by atoms with Crippen molar-refractivity contribution in [3.05, 3.63) is 47.1 Å². The Morgan fingerprint density at radius 2 is 2.19 bits per heavy atom. The maximum atomic E-state index is 5.59. The van der Waals surface area contributed by atoms with E-state index in [1.807, 2.05) is 0 Å². The summed E-state index contributed by atoms with van der Waals surface area (Å²) in [5, 5.41) is 7.78. The Morgan fingerprint density at radius 3 is 2.90 bits per heavy atom. The molecule has 0 bridgehead atoms. The second-order valence-electron chi connectivity index (χ2n) is 5.98. The molecule has 0 saturated carbocycles. The zero-order chi connectivity index (χ0) is 14.7. The van der Waals surface area contributed by atoms with E-state index < -0.39 is 0 Å². The molecule has 0 amide bonds. The van der Waals surface area contributed by atoms with Crippen LogP contribution in [-0.2, 0) is 12.0 Å². The van der Waals surface area contributed by atoms with Crippen molar-refractivity contribution < 1.29 is 4.52 Å². The van der Waals surface area contributed by atoms with E-state index in [4.69, 9.17) is 4.52 Å². The normalized spacial score (nSPS) is 21.8. The van der Waals surface area contributed by atoms with Gasteiger partial charge in [-0.15, -0.1) is 0 Å². The lowest BCUT2D eigenvalue weighted by Crippen LogP contribution is -2.37. The minimum atomic E-state index is -0.0915. The fourth-order valence-electron chi connectivity index (χ4n) is 3.23. The highest BCUT2D eigenvalue weighted by Crippen LogP contribution is 2.34. The number of benzene rings is 1. The third-order valence-corrected chi connectivity index (χ3v) is 4.41. The Hall–Kier alpha value is -1.68. The molecule has 0 radical (unpaired) electrons. The summed E-state index contributed by atoms with van der Waals surface area (Å²) in [7, 11) is 0. The number of aromatic nitrogens is 2. The van der Waals surface area contributed by atoms with Crippen LogP contribution in [0.3, 0.4) is 0 Å². The van der Waals surface area contributed by atoms with Crippen molar-refractivity contribution in [3.8, 4) is 0 Å². The van der Waals surface area contributed by atoms with Gasteiger partial charge in [-0.25, -0.2) is 0 Å². The van der Waals surface area contributed by atoms with Crippen molar-refractivity contribution in [2.24, 2.45) is 0 Å². The SMILES string of the molecule is CCCC1(c2nc(Cc3ccccc3C)no2)CCCN1. The van der Waals surface area contributed by atoms with Gasteiger partial charge in [0.2, 0.25) is 5.89 Å². The van der Waals surface area contributed by atoms with Gasteiger partial charge in [0.15, 0.2) is 5.82 Å². The fourth-order valence-corrected chi connectivity index (χ4v) is 3.23. The van der Waals surface area contributed by atoms with Crippen molar-refractivity contribution in [2.75, 3.05) is 6.54 Å². The predicted molar refractivity (Wildman–Crippen MR) is 82.1 cm³/mol. The van der Waals surface area contributed by atoms with E-state index >= 15 is 0 Å². The molecule has 4 heteroatoms. The first-order valence-corrected chi connectivity index (χ1v) is 7.86. The van der Waals surface area contributed by atoms with Gasteiger partial charge in [-0.2, -0.15) is 4.98 Å². The Balaban J connectivity index is 1.81. The fraction of sp³-hybridized carbons (Fsp3) is 0.529. The first-order chi connectivity index (χ1) is 10.2. The summed E-state index contributed by atoms with van der Waals surface area (Å²) >= 11 is 0. The second kappa shape index (κ2) is 5.98. The first kappa shape index (κ1) is 14.3. The monoisotopic (exact) mass is 285 g/mol. The van der Waals surface area contributed by atoms with Crippen LogP contribution < -0.4 is 5.32 Å². The molecular formula is C17H23N3O. The van der Waals surface area contributed by atoms with Gasteiger partial charge < -0.3 is 9.84 Å². The van der Waals surface area contributed by atoms with Crippen LogP contribution in [-0.4, -0.2) is 16.7 Å². The lowest BCUT2D eigenvalue weighted by atomic mass is 9.92. The van der Waals surface area contributed by atoms with Crippen molar-refractivity contribution in [1.29, 1.82) is 0 Å². The van der Waals surface area contributed by atoms with E-state index in [0.29, 0.717) is 0 Å². The van der Waals surface area contributed by atoms with E-state index in [0.717, 1.165) is 43.9 Å². The average Bonchev–Trinajstić information content (AvgIpc) is 3.12. The molecule has 1 fully saturated rings. The third kappa shape index (κ3) is 2.86. The van der Waals surface area contributed by atoms with E-state index in [1.54, 1.807) is 0 Å². The molecule has 112 valence electrons. The highest BCUT2D eigenvalue weighted by atomic mass is 16.5. The average molecular weight is 285 g/mol. The number of nitrogens with one attached hydrogen (secondary N) is 1. The van der Waals surface area contributed by atoms with Crippen LogP contribution in [0.4, 0.5) is 0 Å². The molecule has 0 spiro atoms. The first-order valence-electron chi connectivity index (χ1n) is 7.86. The molecule has 0 aliphatic carbocycles. The van der Waals surface area contributed by atoms with Crippen LogP contribution in [0.15, 0.2) is 28.8 Å². The van der Waals surface area contributed by atoms with Gasteiger partial charge in [-0.05, 0) is 43.9 Å². The highest BCUT2D eigenvalue weighted by Gasteiger charge is 2.39. The lowest BCUT2D eigenvalue weighted by molar-refractivity contribution is 0.240. The molecule has 2 aromatic rings. The molecule has 1 aromatic heterocycles. The van der Waals surface area contributed by atoms with E-state index in [-0.39, 0.29) is 5.54 Å². The molecule has 1 aliphatic rings. The van der Waals surface area contributed by atoms with E-state index in [9.17, 15) is 0 Å². The molecule has 2 heterocycles.